The van der Waals surface area contributed by atoms with Crippen LogP contribution >= 0.6 is 23.2 Å². The second-order valence-corrected chi connectivity index (χ2v) is 5.04. The Bertz CT molecular complexity index is 920. The minimum atomic E-state index is -0.670. The van der Waals surface area contributed by atoms with Crippen molar-refractivity contribution in [1.82, 2.24) is 10.2 Å². The SMILES string of the molecule is N#CC(=Cc1cc([N+](=O)[O-])c(Cl)cc1Cl)c1[nH]nc(N)c1C#N. The Morgan fingerprint density at radius 1 is 1.39 bits per heavy atom. The van der Waals surface area contributed by atoms with Crippen LogP contribution < -0.4 is 5.73 Å². The number of nitrogen functional groups attached to an aromatic ring is 1. The van der Waals surface area contributed by atoms with E-state index in [2.05, 4.69) is 10.2 Å². The molecule has 23 heavy (non-hydrogen) atoms. The van der Waals surface area contributed by atoms with Crippen LogP contribution in [0.5, 0.6) is 0 Å². The van der Waals surface area contributed by atoms with E-state index < -0.39 is 4.92 Å². The number of nitrogens with zero attached hydrogens (tertiary/aromatic N) is 4. The summed E-state index contributed by atoms with van der Waals surface area (Å²) < 4.78 is 0. The summed E-state index contributed by atoms with van der Waals surface area (Å²) in [6.07, 6.45) is 1.28. The summed E-state index contributed by atoms with van der Waals surface area (Å²) in [5, 5.41) is 35.4. The van der Waals surface area contributed by atoms with Gasteiger partial charge in [-0.2, -0.15) is 15.6 Å². The maximum Gasteiger partial charge on any atom is 0.288 e. The molecule has 0 bridgehead atoms. The Balaban J connectivity index is 2.64. The van der Waals surface area contributed by atoms with Gasteiger partial charge in [0.2, 0.25) is 0 Å². The zero-order chi connectivity index (χ0) is 17.1. The lowest BCUT2D eigenvalue weighted by atomic mass is 10.1. The van der Waals surface area contributed by atoms with Crippen molar-refractivity contribution in [3.8, 4) is 12.1 Å². The summed E-state index contributed by atoms with van der Waals surface area (Å²) in [6, 6.07) is 6.03. The first-order valence-electron chi connectivity index (χ1n) is 5.88. The third kappa shape index (κ3) is 3.09. The van der Waals surface area contributed by atoms with Crippen molar-refractivity contribution in [2.75, 3.05) is 5.73 Å². The van der Waals surface area contributed by atoms with Crippen LogP contribution in [0.3, 0.4) is 0 Å². The maximum atomic E-state index is 10.9. The molecule has 2 rings (SSSR count). The predicted molar refractivity (Wildman–Crippen MR) is 84.3 cm³/mol. The highest BCUT2D eigenvalue weighted by atomic mass is 35.5. The lowest BCUT2D eigenvalue weighted by molar-refractivity contribution is -0.384. The number of aromatic nitrogens is 2. The molecule has 0 unspecified atom stereocenters. The van der Waals surface area contributed by atoms with Gasteiger partial charge in [0.1, 0.15) is 22.7 Å². The first-order chi connectivity index (χ1) is 10.9. The molecule has 1 aromatic carbocycles. The van der Waals surface area contributed by atoms with E-state index in [1.807, 2.05) is 12.1 Å². The third-order valence-electron chi connectivity index (χ3n) is 2.86. The molecule has 3 N–H and O–H groups in total. The molecule has 0 saturated heterocycles. The van der Waals surface area contributed by atoms with Crippen LogP contribution in [0, 0.1) is 32.8 Å². The molecule has 0 fully saturated rings. The first kappa shape index (κ1) is 16.3. The van der Waals surface area contributed by atoms with Gasteiger partial charge in [-0.1, -0.05) is 23.2 Å². The molecule has 8 nitrogen and oxygen atoms in total. The molecule has 0 aliphatic carbocycles. The molecule has 0 radical (unpaired) electrons. The Hall–Kier alpha value is -3.07. The van der Waals surface area contributed by atoms with Gasteiger partial charge in [0.15, 0.2) is 5.82 Å². The number of anilines is 1. The molecule has 0 aliphatic rings. The number of nitriles is 2. The normalized spacial score (nSPS) is 10.9. The number of allylic oxidation sites excluding steroid dienone is 1. The lowest BCUT2D eigenvalue weighted by Gasteiger charge is -2.02. The number of nitrogens with one attached hydrogen (secondary N) is 1. The second-order valence-electron chi connectivity index (χ2n) is 4.22. The summed E-state index contributed by atoms with van der Waals surface area (Å²) in [4.78, 5) is 10.3. The second kappa shape index (κ2) is 6.36. The smallest absolute Gasteiger partial charge is 0.288 e. The van der Waals surface area contributed by atoms with Gasteiger partial charge in [-0.25, -0.2) is 0 Å². The van der Waals surface area contributed by atoms with E-state index in [1.54, 1.807) is 0 Å². The predicted octanol–water partition coefficient (Wildman–Crippen LogP) is 3.14. The Morgan fingerprint density at radius 2 is 2.09 bits per heavy atom. The molecule has 1 aromatic heterocycles. The van der Waals surface area contributed by atoms with E-state index in [-0.39, 0.29) is 43.9 Å². The number of nitro groups is 1. The minimum Gasteiger partial charge on any atom is -0.381 e. The van der Waals surface area contributed by atoms with Gasteiger partial charge in [-0.05, 0) is 12.1 Å². The van der Waals surface area contributed by atoms with Crippen molar-refractivity contribution in [2.45, 2.75) is 0 Å². The number of H-pyrrole nitrogens is 1. The van der Waals surface area contributed by atoms with Crippen LogP contribution in [0.15, 0.2) is 12.1 Å². The number of benzene rings is 1. The Kier molecular flexibility index (Phi) is 4.51. The van der Waals surface area contributed by atoms with Crippen LogP contribution in [0.2, 0.25) is 10.0 Å². The summed E-state index contributed by atoms with van der Waals surface area (Å²) in [5.74, 6) is -0.0585. The Morgan fingerprint density at radius 3 is 2.65 bits per heavy atom. The van der Waals surface area contributed by atoms with Gasteiger partial charge < -0.3 is 5.73 Å². The molecular weight excluding hydrogens is 343 g/mol. The average molecular weight is 349 g/mol. The number of hydrogen-bond acceptors (Lipinski definition) is 6. The molecule has 1 heterocycles. The van der Waals surface area contributed by atoms with Crippen molar-refractivity contribution < 1.29 is 4.92 Å². The molecule has 0 atom stereocenters. The number of nitrogens with two attached hydrogens (primary N) is 1. The fourth-order valence-corrected chi connectivity index (χ4v) is 2.29. The number of halogens is 2. The molecule has 10 heteroatoms. The van der Waals surface area contributed by atoms with Crippen molar-refractivity contribution >= 4 is 46.4 Å². The molecule has 0 aliphatic heterocycles. The van der Waals surface area contributed by atoms with E-state index >= 15 is 0 Å². The number of aromatic amines is 1. The largest absolute Gasteiger partial charge is 0.381 e. The molecular formula is C13H6Cl2N6O2. The van der Waals surface area contributed by atoms with Crippen molar-refractivity contribution in [2.24, 2.45) is 0 Å². The van der Waals surface area contributed by atoms with Gasteiger partial charge >= 0.3 is 0 Å². The van der Waals surface area contributed by atoms with Gasteiger partial charge in [0, 0.05) is 16.7 Å². The van der Waals surface area contributed by atoms with E-state index in [1.165, 1.54) is 12.1 Å². The van der Waals surface area contributed by atoms with Gasteiger partial charge in [0.05, 0.1) is 16.2 Å². The Labute approximate surface area is 139 Å². The van der Waals surface area contributed by atoms with E-state index in [0.29, 0.717) is 0 Å². The minimum absolute atomic E-state index is 0.00242. The van der Waals surface area contributed by atoms with Gasteiger partial charge in [-0.15, -0.1) is 0 Å². The maximum absolute atomic E-state index is 10.9. The molecule has 114 valence electrons. The van der Waals surface area contributed by atoms with Crippen LogP contribution in [0.25, 0.3) is 11.6 Å². The monoisotopic (exact) mass is 348 g/mol. The lowest BCUT2D eigenvalue weighted by Crippen LogP contribution is -1.92. The van der Waals surface area contributed by atoms with Crippen LogP contribution in [-0.2, 0) is 0 Å². The third-order valence-corrected chi connectivity index (χ3v) is 3.49. The van der Waals surface area contributed by atoms with Crippen molar-refractivity contribution in [3.63, 3.8) is 0 Å². The van der Waals surface area contributed by atoms with Crippen LogP contribution in [0.4, 0.5) is 11.5 Å². The molecule has 0 spiro atoms. The highest BCUT2D eigenvalue weighted by Crippen LogP contribution is 2.33. The zero-order valence-corrected chi connectivity index (χ0v) is 12.7. The van der Waals surface area contributed by atoms with E-state index in [4.69, 9.17) is 34.2 Å². The summed E-state index contributed by atoms with van der Waals surface area (Å²) in [5.41, 5.74) is 5.44. The first-order valence-corrected chi connectivity index (χ1v) is 6.64. The fourth-order valence-electron chi connectivity index (χ4n) is 1.78. The number of hydrogen-bond donors (Lipinski definition) is 2. The highest BCUT2D eigenvalue weighted by molar-refractivity contribution is 6.37. The summed E-state index contributed by atoms with van der Waals surface area (Å²) >= 11 is 11.7. The van der Waals surface area contributed by atoms with E-state index in [0.717, 1.165) is 6.07 Å². The topological polar surface area (TPSA) is 145 Å². The molecule has 0 saturated carbocycles. The van der Waals surface area contributed by atoms with E-state index in [9.17, 15) is 15.4 Å². The molecule has 2 aromatic rings. The van der Waals surface area contributed by atoms with Crippen molar-refractivity contribution in [1.29, 1.82) is 10.5 Å². The summed E-state index contributed by atoms with van der Waals surface area (Å²) in [7, 11) is 0. The number of nitro benzene ring substituents is 1. The van der Waals surface area contributed by atoms with Crippen LogP contribution in [0.1, 0.15) is 16.8 Å². The fraction of sp³-hybridized carbons (Fsp3) is 0. The quantitative estimate of drug-likeness (QED) is 0.494. The number of rotatable bonds is 3. The standard InChI is InChI=1S/C13H6Cl2N6O2/c14-9-3-10(15)11(21(22)23)2-6(9)1-7(4-16)12-8(5-17)13(18)20-19-12/h1-3H,(H3,18,19,20). The van der Waals surface area contributed by atoms with Gasteiger partial charge in [-0.3, -0.25) is 15.2 Å². The van der Waals surface area contributed by atoms with Gasteiger partial charge in [0.25, 0.3) is 5.69 Å². The molecule has 0 amide bonds. The van der Waals surface area contributed by atoms with Crippen molar-refractivity contribution in [3.05, 3.63) is 49.1 Å². The zero-order valence-electron chi connectivity index (χ0n) is 11.2. The highest BCUT2D eigenvalue weighted by Gasteiger charge is 2.18. The average Bonchev–Trinajstić information content (AvgIpc) is 2.86. The van der Waals surface area contributed by atoms with Crippen LogP contribution in [-0.4, -0.2) is 15.1 Å². The summed E-state index contributed by atoms with van der Waals surface area (Å²) in [6.45, 7) is 0.